The van der Waals surface area contributed by atoms with E-state index in [1.807, 2.05) is 12.1 Å². The summed E-state index contributed by atoms with van der Waals surface area (Å²) < 4.78 is 6.41. The predicted octanol–water partition coefficient (Wildman–Crippen LogP) is 11.4. The summed E-state index contributed by atoms with van der Waals surface area (Å²) in [7, 11) is 0. The molecule has 1 aliphatic heterocycles. The number of benzene rings is 7. The Morgan fingerprint density at radius 3 is 1.50 bits per heavy atom. The minimum absolute atomic E-state index is 0.891. The topological polar surface area (TPSA) is 12.5 Å². The Bertz CT molecular complexity index is 1950. The lowest BCUT2D eigenvalue weighted by molar-refractivity contribution is 0.487. The molecule has 0 aromatic heterocycles. The molecule has 0 aliphatic carbocycles. The lowest BCUT2D eigenvalue weighted by Gasteiger charge is -2.29. The molecule has 0 radical (unpaired) electrons. The summed E-state index contributed by atoms with van der Waals surface area (Å²) >= 11 is 0. The Hall–Kier alpha value is -5.60. The van der Waals surface area contributed by atoms with Gasteiger partial charge in [0.15, 0.2) is 0 Å². The van der Waals surface area contributed by atoms with Gasteiger partial charge in [-0.15, -0.1) is 0 Å². The van der Waals surface area contributed by atoms with Crippen molar-refractivity contribution in [3.8, 4) is 44.9 Å². The number of fused-ring (bicyclic) bond motifs is 2. The molecule has 0 fully saturated rings. The van der Waals surface area contributed by atoms with E-state index in [0.29, 0.717) is 0 Å². The molecule has 198 valence electrons. The van der Waals surface area contributed by atoms with E-state index in [9.17, 15) is 0 Å². The molecule has 0 saturated heterocycles. The van der Waals surface area contributed by atoms with Gasteiger partial charge in [-0.05, 0) is 70.3 Å². The van der Waals surface area contributed by atoms with Gasteiger partial charge >= 0.3 is 0 Å². The van der Waals surface area contributed by atoms with Crippen LogP contribution < -0.4 is 9.64 Å². The average Bonchev–Trinajstić information content (AvgIpc) is 3.07. The Morgan fingerprint density at radius 1 is 0.357 bits per heavy atom. The maximum atomic E-state index is 6.41. The van der Waals surface area contributed by atoms with Crippen LogP contribution in [0.3, 0.4) is 0 Å². The maximum Gasteiger partial charge on any atom is 0.135 e. The van der Waals surface area contributed by atoms with E-state index in [1.165, 1.54) is 27.8 Å². The minimum atomic E-state index is 0.891. The van der Waals surface area contributed by atoms with E-state index in [1.54, 1.807) is 0 Å². The van der Waals surface area contributed by atoms with Crippen molar-refractivity contribution in [1.82, 2.24) is 0 Å². The first kappa shape index (κ1) is 24.2. The monoisotopic (exact) mass is 537 g/mol. The number of nitrogens with zero attached hydrogens (tertiary/aromatic N) is 1. The molecular formula is C40H27NO. The molecule has 2 heteroatoms. The Morgan fingerprint density at radius 2 is 0.881 bits per heavy atom. The largest absolute Gasteiger partial charge is 0.456 e. The van der Waals surface area contributed by atoms with E-state index in [0.717, 1.165) is 44.9 Å². The molecular weight excluding hydrogens is 510 g/mol. The normalized spacial score (nSPS) is 11.5. The maximum absolute atomic E-state index is 6.41. The highest BCUT2D eigenvalue weighted by atomic mass is 16.5. The van der Waals surface area contributed by atoms with Crippen molar-refractivity contribution in [3.05, 3.63) is 164 Å². The quantitative estimate of drug-likeness (QED) is 0.216. The summed E-state index contributed by atoms with van der Waals surface area (Å²) in [5, 5.41) is 2.29. The molecule has 1 heterocycles. The van der Waals surface area contributed by atoms with Crippen LogP contribution in [0.15, 0.2) is 164 Å². The van der Waals surface area contributed by atoms with Crippen molar-refractivity contribution in [2.45, 2.75) is 0 Å². The third-order valence-electron chi connectivity index (χ3n) is 8.08. The zero-order valence-corrected chi connectivity index (χ0v) is 22.9. The van der Waals surface area contributed by atoms with Crippen LogP contribution in [0.2, 0.25) is 0 Å². The van der Waals surface area contributed by atoms with Crippen molar-refractivity contribution >= 4 is 27.8 Å². The predicted molar refractivity (Wildman–Crippen MR) is 175 cm³/mol. The van der Waals surface area contributed by atoms with Gasteiger partial charge in [-0.25, -0.2) is 0 Å². The fourth-order valence-corrected chi connectivity index (χ4v) is 6.05. The highest BCUT2D eigenvalue weighted by Crippen LogP contribution is 2.50. The van der Waals surface area contributed by atoms with Gasteiger partial charge in [0, 0.05) is 27.7 Å². The smallest absolute Gasteiger partial charge is 0.135 e. The summed E-state index contributed by atoms with van der Waals surface area (Å²) in [5.41, 5.74) is 10.4. The molecule has 1 aliphatic rings. The first-order chi connectivity index (χ1) is 20.8. The van der Waals surface area contributed by atoms with E-state index in [4.69, 9.17) is 4.74 Å². The lowest BCUT2D eigenvalue weighted by atomic mass is 9.93. The fourth-order valence-electron chi connectivity index (χ4n) is 6.05. The molecule has 0 saturated carbocycles. The molecule has 7 aromatic carbocycles. The van der Waals surface area contributed by atoms with E-state index in [-0.39, 0.29) is 0 Å². The minimum Gasteiger partial charge on any atom is -0.456 e. The van der Waals surface area contributed by atoms with Crippen LogP contribution in [0.5, 0.6) is 11.5 Å². The lowest BCUT2D eigenvalue weighted by Crippen LogP contribution is -2.11. The summed E-state index contributed by atoms with van der Waals surface area (Å²) in [6.45, 7) is 0. The van der Waals surface area contributed by atoms with Crippen LogP contribution in [0.4, 0.5) is 17.1 Å². The fraction of sp³-hybridized carbons (Fsp3) is 0. The Kier molecular flexibility index (Phi) is 5.82. The van der Waals surface area contributed by atoms with E-state index < -0.39 is 0 Å². The first-order valence-corrected chi connectivity index (χ1v) is 14.3. The van der Waals surface area contributed by atoms with Gasteiger partial charge in [0.05, 0.1) is 5.69 Å². The van der Waals surface area contributed by atoms with E-state index in [2.05, 4.69) is 157 Å². The Labute approximate surface area is 245 Å². The summed E-state index contributed by atoms with van der Waals surface area (Å²) in [6, 6.07) is 57.9. The number of ether oxygens (including phenoxy) is 1. The van der Waals surface area contributed by atoms with Crippen LogP contribution >= 0.6 is 0 Å². The van der Waals surface area contributed by atoms with Crippen LogP contribution in [-0.4, -0.2) is 0 Å². The van der Waals surface area contributed by atoms with Gasteiger partial charge in [0.1, 0.15) is 11.5 Å². The molecule has 0 amide bonds. The highest BCUT2D eigenvalue weighted by molar-refractivity contribution is 6.11. The molecule has 0 bridgehead atoms. The van der Waals surface area contributed by atoms with Crippen molar-refractivity contribution in [3.63, 3.8) is 0 Å². The van der Waals surface area contributed by atoms with Gasteiger partial charge in [-0.1, -0.05) is 121 Å². The van der Waals surface area contributed by atoms with Crippen molar-refractivity contribution in [2.75, 3.05) is 4.90 Å². The van der Waals surface area contributed by atoms with Gasteiger partial charge in [-0.3, -0.25) is 0 Å². The molecule has 0 unspecified atom stereocenters. The first-order valence-electron chi connectivity index (χ1n) is 14.3. The second-order valence-electron chi connectivity index (χ2n) is 10.6. The molecule has 0 atom stereocenters. The van der Waals surface area contributed by atoms with Gasteiger partial charge in [0.25, 0.3) is 0 Å². The second-order valence-corrected chi connectivity index (χ2v) is 10.6. The molecule has 0 N–H and O–H groups in total. The third-order valence-corrected chi connectivity index (χ3v) is 8.08. The highest BCUT2D eigenvalue weighted by Gasteiger charge is 2.23. The second kappa shape index (κ2) is 10.1. The number of hydrogen-bond donors (Lipinski definition) is 0. The zero-order valence-electron chi connectivity index (χ0n) is 22.9. The SMILES string of the molecule is c1ccc(-c2ccc(N(c3ccc(-c4ccccc4)cc3)c3ccc4c5c(cccc35)Oc3ccccc3-4)cc2)cc1. The van der Waals surface area contributed by atoms with Gasteiger partial charge in [0.2, 0.25) is 0 Å². The van der Waals surface area contributed by atoms with E-state index >= 15 is 0 Å². The number of hydrogen-bond acceptors (Lipinski definition) is 2. The Balaban J connectivity index is 1.30. The van der Waals surface area contributed by atoms with Crippen LogP contribution in [0, 0.1) is 0 Å². The third kappa shape index (κ3) is 4.13. The molecule has 0 spiro atoms. The van der Waals surface area contributed by atoms with Crippen LogP contribution in [0.25, 0.3) is 44.2 Å². The van der Waals surface area contributed by atoms with Gasteiger partial charge in [-0.2, -0.15) is 0 Å². The summed E-state index contributed by atoms with van der Waals surface area (Å²) in [6.07, 6.45) is 0. The molecule has 42 heavy (non-hydrogen) atoms. The number of rotatable bonds is 5. The number of para-hydroxylation sites is 1. The van der Waals surface area contributed by atoms with Crippen molar-refractivity contribution in [1.29, 1.82) is 0 Å². The van der Waals surface area contributed by atoms with Crippen molar-refractivity contribution in [2.24, 2.45) is 0 Å². The van der Waals surface area contributed by atoms with Gasteiger partial charge < -0.3 is 9.64 Å². The molecule has 7 aromatic rings. The summed E-state index contributed by atoms with van der Waals surface area (Å²) in [4.78, 5) is 2.35. The molecule has 8 rings (SSSR count). The van der Waals surface area contributed by atoms with Crippen LogP contribution in [0.1, 0.15) is 0 Å². The van der Waals surface area contributed by atoms with Crippen molar-refractivity contribution < 1.29 is 4.74 Å². The summed E-state index contributed by atoms with van der Waals surface area (Å²) in [5.74, 6) is 1.79. The van der Waals surface area contributed by atoms with Crippen LogP contribution in [-0.2, 0) is 0 Å². The zero-order chi connectivity index (χ0) is 27.9. The number of anilines is 3. The average molecular weight is 538 g/mol. The standard InChI is InChI=1S/C40H27NO/c1-3-10-28(11-4-1)30-18-22-32(23-19-30)41(33-24-20-31(21-25-33)29-12-5-2-6-13-29)37-27-26-35-34-14-7-8-16-38(34)42-39-17-9-15-36(37)40(35)39/h1-27H. The molecule has 2 nitrogen and oxygen atoms in total.